The highest BCUT2D eigenvalue weighted by Crippen LogP contribution is 2.09. The molecule has 0 bridgehead atoms. The number of benzene rings is 1. The zero-order valence-electron chi connectivity index (χ0n) is 14.6. The van der Waals surface area contributed by atoms with Crippen LogP contribution in [0, 0.1) is 11.3 Å². The van der Waals surface area contributed by atoms with Crippen molar-refractivity contribution in [2.24, 2.45) is 4.99 Å². The van der Waals surface area contributed by atoms with Gasteiger partial charge in [0.15, 0.2) is 5.96 Å². The normalized spacial score (nSPS) is 14.0. The summed E-state index contributed by atoms with van der Waals surface area (Å²) in [5, 5.41) is 15.3. The van der Waals surface area contributed by atoms with Gasteiger partial charge in [-0.1, -0.05) is 12.1 Å². The van der Waals surface area contributed by atoms with E-state index in [9.17, 15) is 4.79 Å². The Morgan fingerprint density at radius 1 is 1.32 bits per heavy atom. The van der Waals surface area contributed by atoms with Crippen molar-refractivity contribution < 1.29 is 4.79 Å². The lowest BCUT2D eigenvalue weighted by Gasteiger charge is -2.16. The van der Waals surface area contributed by atoms with Crippen LogP contribution in [0.2, 0.25) is 0 Å². The van der Waals surface area contributed by atoms with Gasteiger partial charge >= 0.3 is 0 Å². The van der Waals surface area contributed by atoms with Gasteiger partial charge in [-0.25, -0.2) is 4.99 Å². The quantitative estimate of drug-likeness (QED) is 0.286. The summed E-state index contributed by atoms with van der Waals surface area (Å²) in [6.45, 7) is 5.87. The lowest BCUT2D eigenvalue weighted by molar-refractivity contribution is -0.127. The first-order valence-corrected chi connectivity index (χ1v) is 8.52. The summed E-state index contributed by atoms with van der Waals surface area (Å²) in [4.78, 5) is 18.0. The van der Waals surface area contributed by atoms with Gasteiger partial charge in [0.25, 0.3) is 0 Å². The number of likely N-dealkylation sites (tertiary alicyclic amines) is 1. The summed E-state index contributed by atoms with van der Waals surface area (Å²) in [6.07, 6.45) is 2.59. The van der Waals surface area contributed by atoms with E-state index in [1.165, 1.54) is 0 Å². The zero-order chi connectivity index (χ0) is 17.2. The first kappa shape index (κ1) is 21.2. The van der Waals surface area contributed by atoms with E-state index in [2.05, 4.69) is 21.7 Å². The van der Waals surface area contributed by atoms with Crippen molar-refractivity contribution in [2.75, 3.05) is 26.2 Å². The van der Waals surface area contributed by atoms with Gasteiger partial charge in [-0.2, -0.15) is 5.26 Å². The van der Waals surface area contributed by atoms with Crippen molar-refractivity contribution in [3.05, 3.63) is 35.4 Å². The Morgan fingerprint density at radius 3 is 2.68 bits per heavy atom. The smallest absolute Gasteiger partial charge is 0.222 e. The van der Waals surface area contributed by atoms with Gasteiger partial charge < -0.3 is 15.5 Å². The number of nitriles is 1. The van der Waals surface area contributed by atoms with Crippen LogP contribution in [0.25, 0.3) is 0 Å². The van der Waals surface area contributed by atoms with Crippen molar-refractivity contribution in [1.29, 1.82) is 5.26 Å². The minimum atomic E-state index is 0. The third-order valence-corrected chi connectivity index (χ3v) is 3.92. The zero-order valence-corrected chi connectivity index (χ0v) is 17.0. The van der Waals surface area contributed by atoms with Crippen LogP contribution in [0.4, 0.5) is 0 Å². The molecule has 1 aromatic rings. The van der Waals surface area contributed by atoms with Crippen molar-refractivity contribution in [3.63, 3.8) is 0 Å². The Labute approximate surface area is 166 Å². The lowest BCUT2D eigenvalue weighted by Crippen LogP contribution is -2.39. The van der Waals surface area contributed by atoms with E-state index in [1.54, 1.807) is 12.1 Å². The van der Waals surface area contributed by atoms with Gasteiger partial charge in [-0.3, -0.25) is 4.79 Å². The number of carbonyl (C=O) groups is 1. The Hall–Kier alpha value is -1.82. The molecule has 0 aromatic heterocycles. The first-order chi connectivity index (χ1) is 11.7. The molecule has 1 fully saturated rings. The minimum Gasteiger partial charge on any atom is -0.357 e. The summed E-state index contributed by atoms with van der Waals surface area (Å²) >= 11 is 0. The number of rotatable bonds is 7. The second-order valence-corrected chi connectivity index (χ2v) is 5.77. The van der Waals surface area contributed by atoms with E-state index in [0.717, 1.165) is 50.5 Å². The van der Waals surface area contributed by atoms with Crippen molar-refractivity contribution in [1.82, 2.24) is 15.5 Å². The van der Waals surface area contributed by atoms with Crippen LogP contribution < -0.4 is 10.6 Å². The minimum absolute atomic E-state index is 0. The maximum absolute atomic E-state index is 11.6. The van der Waals surface area contributed by atoms with Crippen LogP contribution in [-0.4, -0.2) is 42.9 Å². The number of guanidine groups is 1. The maximum atomic E-state index is 11.6. The first-order valence-electron chi connectivity index (χ1n) is 8.52. The summed E-state index contributed by atoms with van der Waals surface area (Å²) in [7, 11) is 0. The highest BCUT2D eigenvalue weighted by Gasteiger charge is 2.18. The molecule has 1 heterocycles. The number of halogens is 1. The molecule has 2 N–H and O–H groups in total. The molecule has 2 rings (SSSR count). The highest BCUT2D eigenvalue weighted by molar-refractivity contribution is 14.0. The van der Waals surface area contributed by atoms with Gasteiger partial charge in [0.05, 0.1) is 18.2 Å². The predicted octanol–water partition coefficient (Wildman–Crippen LogP) is 2.24. The van der Waals surface area contributed by atoms with Crippen LogP contribution in [-0.2, 0) is 11.3 Å². The lowest BCUT2D eigenvalue weighted by atomic mass is 10.1. The number of hydrogen-bond acceptors (Lipinski definition) is 3. The second-order valence-electron chi connectivity index (χ2n) is 5.77. The summed E-state index contributed by atoms with van der Waals surface area (Å²) in [6, 6.07) is 9.56. The number of amides is 1. The van der Waals surface area contributed by atoms with Gasteiger partial charge in [-0.15, -0.1) is 24.0 Å². The fourth-order valence-electron chi connectivity index (χ4n) is 2.61. The molecule has 7 heteroatoms. The molecule has 1 aliphatic rings. The molecule has 6 nitrogen and oxygen atoms in total. The third-order valence-electron chi connectivity index (χ3n) is 3.92. The van der Waals surface area contributed by atoms with Crippen LogP contribution in [0.3, 0.4) is 0 Å². The van der Waals surface area contributed by atoms with Crippen molar-refractivity contribution >= 4 is 35.8 Å². The van der Waals surface area contributed by atoms with Gasteiger partial charge in [0, 0.05) is 32.6 Å². The maximum Gasteiger partial charge on any atom is 0.222 e. The molecule has 0 unspecified atom stereocenters. The van der Waals surface area contributed by atoms with E-state index in [-0.39, 0.29) is 29.9 Å². The summed E-state index contributed by atoms with van der Waals surface area (Å²) in [5.41, 5.74) is 1.72. The average Bonchev–Trinajstić information content (AvgIpc) is 3.02. The van der Waals surface area contributed by atoms with E-state index in [4.69, 9.17) is 5.26 Å². The average molecular weight is 455 g/mol. The number of nitrogens with one attached hydrogen (secondary N) is 2. The van der Waals surface area contributed by atoms with Gasteiger partial charge in [-0.05, 0) is 37.5 Å². The molecular formula is C18H26IN5O. The van der Waals surface area contributed by atoms with E-state index in [1.807, 2.05) is 24.0 Å². The molecule has 1 aromatic carbocycles. The Balaban J connectivity index is 0.00000312. The van der Waals surface area contributed by atoms with Crippen LogP contribution in [0.5, 0.6) is 0 Å². The van der Waals surface area contributed by atoms with Crippen LogP contribution in [0.15, 0.2) is 29.3 Å². The van der Waals surface area contributed by atoms with E-state index >= 15 is 0 Å². The molecule has 1 saturated heterocycles. The molecule has 25 heavy (non-hydrogen) atoms. The molecule has 0 saturated carbocycles. The predicted molar refractivity (Wildman–Crippen MR) is 110 cm³/mol. The molecule has 0 atom stereocenters. The highest BCUT2D eigenvalue weighted by atomic mass is 127. The summed E-state index contributed by atoms with van der Waals surface area (Å²) < 4.78 is 0. The molecule has 136 valence electrons. The largest absolute Gasteiger partial charge is 0.357 e. The van der Waals surface area contributed by atoms with Crippen molar-refractivity contribution in [3.8, 4) is 6.07 Å². The van der Waals surface area contributed by atoms with E-state index < -0.39 is 0 Å². The fraction of sp³-hybridized carbons (Fsp3) is 0.500. The Bertz CT molecular complexity index is 609. The monoisotopic (exact) mass is 455 g/mol. The Morgan fingerprint density at radius 2 is 2.08 bits per heavy atom. The molecule has 0 spiro atoms. The molecular weight excluding hydrogens is 429 g/mol. The number of aliphatic imine (C=N–C) groups is 1. The number of nitrogens with zero attached hydrogens (tertiary/aromatic N) is 3. The standard InChI is InChI=1S/C18H25N5O.HI/c1-2-20-18(21-10-4-12-23-11-3-5-17(23)24)22-14-16-8-6-15(13-19)7-9-16;/h6-9H,2-5,10-12,14H2,1H3,(H2,20,21,22);1H. The number of hydrogen-bond donors (Lipinski definition) is 2. The molecule has 1 amide bonds. The molecule has 0 radical (unpaired) electrons. The second kappa shape index (κ2) is 11.7. The molecule has 0 aliphatic carbocycles. The SMILES string of the molecule is CCNC(=NCc1ccc(C#N)cc1)NCCCN1CCCC1=O.I. The van der Waals surface area contributed by atoms with Gasteiger partial charge in [0.2, 0.25) is 5.91 Å². The van der Waals surface area contributed by atoms with Crippen molar-refractivity contribution in [2.45, 2.75) is 32.7 Å². The summed E-state index contributed by atoms with van der Waals surface area (Å²) in [5.74, 6) is 1.05. The third kappa shape index (κ3) is 7.30. The Kier molecular flexibility index (Phi) is 9.92. The molecule has 1 aliphatic heterocycles. The number of carbonyl (C=O) groups excluding carboxylic acids is 1. The topological polar surface area (TPSA) is 80.5 Å². The van der Waals surface area contributed by atoms with Gasteiger partial charge in [0.1, 0.15) is 0 Å². The van der Waals surface area contributed by atoms with Crippen LogP contribution >= 0.6 is 24.0 Å². The fourth-order valence-corrected chi connectivity index (χ4v) is 2.61. The van der Waals surface area contributed by atoms with Crippen LogP contribution in [0.1, 0.15) is 37.3 Å². The van der Waals surface area contributed by atoms with E-state index in [0.29, 0.717) is 18.5 Å².